The quantitative estimate of drug-likeness (QED) is 0.518. The third-order valence-electron chi connectivity index (χ3n) is 3.65. The third kappa shape index (κ3) is 5.06. The second-order valence-corrected chi connectivity index (χ2v) is 9.05. The van der Waals surface area contributed by atoms with Crippen LogP contribution < -0.4 is 4.72 Å². The lowest BCUT2D eigenvalue weighted by Crippen LogP contribution is -2.27. The zero-order valence-corrected chi connectivity index (χ0v) is 16.2. The molecule has 1 atom stereocenters. The Labute approximate surface area is 166 Å². The molecule has 14 heteroatoms. The van der Waals surface area contributed by atoms with Gasteiger partial charge in [0.15, 0.2) is 0 Å². The summed E-state index contributed by atoms with van der Waals surface area (Å²) in [6.45, 7) is 1.41. The van der Waals surface area contributed by atoms with Crippen LogP contribution in [0.2, 0.25) is 0 Å². The number of hydrogen-bond donors (Lipinski definition) is 1. The van der Waals surface area contributed by atoms with Crippen LogP contribution in [0.15, 0.2) is 29.1 Å². The molecule has 0 saturated heterocycles. The zero-order valence-electron chi connectivity index (χ0n) is 14.6. The molecule has 1 N–H and O–H groups in total. The summed E-state index contributed by atoms with van der Waals surface area (Å²) in [5.74, 6) is -0.970. The van der Waals surface area contributed by atoms with Gasteiger partial charge in [-0.1, -0.05) is 0 Å². The lowest BCUT2D eigenvalue weighted by atomic mass is 10.3. The molecule has 3 heterocycles. The fourth-order valence-corrected chi connectivity index (χ4v) is 4.27. The van der Waals surface area contributed by atoms with Crippen molar-refractivity contribution in [3.63, 3.8) is 0 Å². The highest BCUT2D eigenvalue weighted by molar-refractivity contribution is 7.93. The number of hydrogen-bond acceptors (Lipinski definition) is 8. The van der Waals surface area contributed by atoms with Gasteiger partial charge >= 0.3 is 6.43 Å². The second kappa shape index (κ2) is 8.41. The number of halogens is 4. The number of sulfonamides is 1. The fraction of sp³-hybridized carbons (Fsp3) is 0.333. The Bertz CT molecular complexity index is 1090. The largest absolute Gasteiger partial charge is 0.414 e. The van der Waals surface area contributed by atoms with E-state index in [0.29, 0.717) is 9.88 Å². The molecule has 0 radical (unpaired) electrons. The van der Waals surface area contributed by atoms with Crippen molar-refractivity contribution >= 4 is 27.0 Å². The van der Waals surface area contributed by atoms with E-state index in [0.717, 1.165) is 29.8 Å². The lowest BCUT2D eigenvalue weighted by molar-refractivity contribution is 0.116. The Kier molecular flexibility index (Phi) is 6.12. The molecule has 1 unspecified atom stereocenters. The fourth-order valence-electron chi connectivity index (χ4n) is 2.18. The number of alkyl halides is 4. The molecule has 3 rings (SSSR count). The molecule has 0 bridgehead atoms. The maximum Gasteiger partial charge on any atom is 0.314 e. The summed E-state index contributed by atoms with van der Waals surface area (Å²) in [6.07, 6.45) is -2.33. The number of nitrogens with zero attached hydrogens (tertiary/aromatic N) is 4. The first-order valence-electron chi connectivity index (χ1n) is 7.97. The average Bonchev–Trinajstić information content (AvgIpc) is 3.30. The summed E-state index contributed by atoms with van der Waals surface area (Å²) < 4.78 is 82.5. The normalized spacial score (nSPS) is 13.2. The summed E-state index contributed by atoms with van der Waals surface area (Å²) >= 11 is 1.01. The summed E-state index contributed by atoms with van der Waals surface area (Å²) in [5, 5.41) is 6.12. The van der Waals surface area contributed by atoms with Gasteiger partial charge in [0.25, 0.3) is 18.2 Å². The first kappa shape index (κ1) is 21.1. The van der Waals surface area contributed by atoms with Crippen molar-refractivity contribution in [1.82, 2.24) is 20.2 Å². The van der Waals surface area contributed by atoms with E-state index in [2.05, 4.69) is 24.9 Å². The predicted octanol–water partition coefficient (Wildman–Crippen LogP) is 3.84. The topological polar surface area (TPSA) is 111 Å². The first-order chi connectivity index (χ1) is 13.7. The summed E-state index contributed by atoms with van der Waals surface area (Å²) in [6, 6.07) is 1.000. The van der Waals surface area contributed by atoms with Crippen LogP contribution in [0.4, 0.5) is 23.2 Å². The Morgan fingerprint density at radius 1 is 1.14 bits per heavy atom. The van der Waals surface area contributed by atoms with E-state index in [1.54, 1.807) is 0 Å². The SMILES string of the molecule is CC(Cc1ncc(-c2nnc(C(F)F)o2)s1)S(=O)(=O)Nc1cncc(C(F)F)c1. The zero-order chi connectivity index (χ0) is 21.2. The van der Waals surface area contributed by atoms with Crippen LogP contribution in [-0.2, 0) is 16.4 Å². The van der Waals surface area contributed by atoms with Gasteiger partial charge in [-0.05, 0) is 13.0 Å². The molecule has 3 aromatic rings. The van der Waals surface area contributed by atoms with Gasteiger partial charge in [0.05, 0.1) is 28.3 Å². The van der Waals surface area contributed by atoms with Gasteiger partial charge in [0.1, 0.15) is 4.88 Å². The molecule has 0 aromatic carbocycles. The second-order valence-electron chi connectivity index (χ2n) is 5.83. The van der Waals surface area contributed by atoms with Crippen molar-refractivity contribution in [3.05, 3.63) is 41.1 Å². The van der Waals surface area contributed by atoms with Crippen LogP contribution in [-0.4, -0.2) is 33.8 Å². The molecule has 0 aliphatic rings. The van der Waals surface area contributed by atoms with Gasteiger partial charge < -0.3 is 4.42 Å². The van der Waals surface area contributed by atoms with E-state index >= 15 is 0 Å². The van der Waals surface area contributed by atoms with Crippen molar-refractivity contribution < 1.29 is 30.4 Å². The number of rotatable bonds is 8. The lowest BCUT2D eigenvalue weighted by Gasteiger charge is -2.14. The number of anilines is 1. The van der Waals surface area contributed by atoms with Crippen LogP contribution in [0.5, 0.6) is 0 Å². The highest BCUT2D eigenvalue weighted by Crippen LogP contribution is 2.29. The van der Waals surface area contributed by atoms with Crippen molar-refractivity contribution in [2.75, 3.05) is 4.72 Å². The first-order valence-corrected chi connectivity index (χ1v) is 10.3. The highest BCUT2D eigenvalue weighted by Gasteiger charge is 2.24. The highest BCUT2D eigenvalue weighted by atomic mass is 32.2. The van der Waals surface area contributed by atoms with Crippen LogP contribution in [0, 0.1) is 0 Å². The molecule has 0 fully saturated rings. The average molecular weight is 451 g/mol. The minimum atomic E-state index is -3.94. The van der Waals surface area contributed by atoms with Crippen LogP contribution in [0.1, 0.15) is 36.2 Å². The van der Waals surface area contributed by atoms with Crippen molar-refractivity contribution in [2.24, 2.45) is 0 Å². The molecule has 0 amide bonds. The maximum absolute atomic E-state index is 12.7. The molecule has 29 heavy (non-hydrogen) atoms. The maximum atomic E-state index is 12.7. The van der Waals surface area contributed by atoms with Crippen molar-refractivity contribution in [1.29, 1.82) is 0 Å². The van der Waals surface area contributed by atoms with E-state index in [1.807, 2.05) is 0 Å². The number of thiazole rings is 1. The van der Waals surface area contributed by atoms with E-state index < -0.39 is 39.6 Å². The molecule has 0 aliphatic carbocycles. The van der Waals surface area contributed by atoms with Gasteiger partial charge in [-0.25, -0.2) is 22.2 Å². The van der Waals surface area contributed by atoms with E-state index in [-0.39, 0.29) is 18.0 Å². The monoisotopic (exact) mass is 451 g/mol. The Balaban J connectivity index is 1.70. The van der Waals surface area contributed by atoms with E-state index in [9.17, 15) is 26.0 Å². The smallest absolute Gasteiger partial charge is 0.314 e. The van der Waals surface area contributed by atoms with E-state index in [1.165, 1.54) is 13.1 Å². The van der Waals surface area contributed by atoms with Crippen LogP contribution in [0.25, 0.3) is 10.8 Å². The summed E-state index contributed by atoms with van der Waals surface area (Å²) in [4.78, 5) is 7.95. The van der Waals surface area contributed by atoms with Crippen LogP contribution in [0.3, 0.4) is 0 Å². The van der Waals surface area contributed by atoms with E-state index in [4.69, 9.17) is 4.42 Å². The minimum absolute atomic E-state index is 0.0161. The van der Waals surface area contributed by atoms with Crippen molar-refractivity contribution in [3.8, 4) is 10.8 Å². The van der Waals surface area contributed by atoms with Gasteiger partial charge in [-0.3, -0.25) is 9.71 Å². The molecule has 3 aromatic heterocycles. The molecule has 8 nitrogen and oxygen atoms in total. The number of aromatic nitrogens is 4. The summed E-state index contributed by atoms with van der Waals surface area (Å²) in [7, 11) is -3.94. The predicted molar refractivity (Wildman–Crippen MR) is 95.3 cm³/mol. The Morgan fingerprint density at radius 3 is 2.55 bits per heavy atom. The number of nitrogens with one attached hydrogen (secondary N) is 1. The van der Waals surface area contributed by atoms with Gasteiger partial charge in [0.2, 0.25) is 10.0 Å². The molecular weight excluding hydrogens is 438 g/mol. The molecule has 0 saturated carbocycles. The van der Waals surface area contributed by atoms with Crippen molar-refractivity contribution in [2.45, 2.75) is 31.4 Å². The van der Waals surface area contributed by atoms with Crippen LogP contribution >= 0.6 is 11.3 Å². The summed E-state index contributed by atoms with van der Waals surface area (Å²) in [5.41, 5.74) is -0.495. The molecule has 156 valence electrons. The molecule has 0 spiro atoms. The molecular formula is C15H13F4N5O3S2. The third-order valence-corrected chi connectivity index (χ3v) is 6.41. The minimum Gasteiger partial charge on any atom is -0.414 e. The van der Waals surface area contributed by atoms with Gasteiger partial charge in [-0.15, -0.1) is 21.5 Å². The van der Waals surface area contributed by atoms with Gasteiger partial charge in [0, 0.05) is 18.2 Å². The Morgan fingerprint density at radius 2 is 1.90 bits per heavy atom. The van der Waals surface area contributed by atoms with Gasteiger partial charge in [-0.2, -0.15) is 8.78 Å². The molecule has 0 aliphatic heterocycles. The number of pyridine rings is 1. The standard InChI is InChI=1S/C15H13F4N5O3S2/c1-7(29(25,26)24-9-3-8(12(16)17)4-20-5-9)2-11-21-6-10(28-11)14-22-23-15(27-14)13(18)19/h3-7,12-13,24H,2H2,1H3. The Hall–Kier alpha value is -2.61.